The lowest BCUT2D eigenvalue weighted by Gasteiger charge is -2.21. The number of imidazole rings is 1. The highest BCUT2D eigenvalue weighted by Crippen LogP contribution is 2.43. The number of fused-ring (bicyclic) bond motifs is 1. The van der Waals surface area contributed by atoms with Crippen molar-refractivity contribution in [1.82, 2.24) is 9.97 Å². The number of thiophene rings is 1. The third kappa shape index (κ3) is 3.49. The minimum Gasteiger partial charge on any atom is -0.507 e. The fraction of sp³-hybridized carbons (Fsp3) is 0.125. The van der Waals surface area contributed by atoms with E-state index in [0.717, 1.165) is 0 Å². The molecule has 1 fully saturated rings. The first kappa shape index (κ1) is 22.0. The zero-order valence-corrected chi connectivity index (χ0v) is 19.6. The first-order valence-corrected chi connectivity index (χ1v) is 11.4. The third-order valence-corrected chi connectivity index (χ3v) is 6.72. The number of hydrogen-bond acceptors (Lipinski definition) is 7. The largest absolute Gasteiger partial charge is 0.507 e. The van der Waals surface area contributed by atoms with Gasteiger partial charge in [0, 0.05) is 27.6 Å². The van der Waals surface area contributed by atoms with Crippen LogP contribution in [0, 0.1) is 0 Å². The summed E-state index contributed by atoms with van der Waals surface area (Å²) in [6, 6.07) is 12.6. The summed E-state index contributed by atoms with van der Waals surface area (Å²) in [6.07, 6.45) is 0. The molecule has 0 aliphatic carbocycles. The summed E-state index contributed by atoms with van der Waals surface area (Å²) in [6.45, 7) is 0. The Kier molecular flexibility index (Phi) is 5.51. The molecule has 2 aromatic heterocycles. The second-order valence-electron chi connectivity index (χ2n) is 7.48. The molecular formula is C24H18ClN3O5S. The maximum atomic E-state index is 13.2. The second kappa shape index (κ2) is 8.51. The predicted octanol–water partition coefficient (Wildman–Crippen LogP) is 4.92. The molecule has 2 N–H and O–H groups in total. The van der Waals surface area contributed by atoms with Gasteiger partial charge in [-0.1, -0.05) is 29.8 Å². The molecule has 0 radical (unpaired) electrons. The first-order chi connectivity index (χ1) is 16.4. The molecule has 1 atom stereocenters. The lowest BCUT2D eigenvalue weighted by Crippen LogP contribution is -2.30. The van der Waals surface area contributed by atoms with Crippen LogP contribution in [0.1, 0.15) is 16.5 Å². The monoisotopic (exact) mass is 495 g/mol. The number of methoxy groups -OCH3 is 2. The van der Waals surface area contributed by atoms with E-state index >= 15 is 0 Å². The van der Waals surface area contributed by atoms with Gasteiger partial charge in [-0.15, -0.1) is 11.3 Å². The summed E-state index contributed by atoms with van der Waals surface area (Å²) in [5, 5.41) is 13.3. The Morgan fingerprint density at radius 2 is 1.88 bits per heavy atom. The number of rotatable bonds is 5. The first-order valence-electron chi connectivity index (χ1n) is 10.1. The molecule has 1 unspecified atom stereocenters. The Balaban J connectivity index is 1.70. The van der Waals surface area contributed by atoms with Crippen molar-refractivity contribution in [2.24, 2.45) is 0 Å². The Hall–Kier alpha value is -3.82. The minimum absolute atomic E-state index is 0.0367. The number of nitrogens with one attached hydrogen (secondary N) is 1. The molecule has 1 amide bonds. The van der Waals surface area contributed by atoms with Crippen molar-refractivity contribution >= 4 is 57.4 Å². The van der Waals surface area contributed by atoms with Gasteiger partial charge < -0.3 is 19.6 Å². The van der Waals surface area contributed by atoms with Gasteiger partial charge in [0.2, 0.25) is 5.95 Å². The second-order valence-corrected chi connectivity index (χ2v) is 8.90. The molecule has 1 saturated heterocycles. The molecule has 2 aromatic carbocycles. The highest BCUT2D eigenvalue weighted by Gasteiger charge is 2.48. The molecule has 34 heavy (non-hydrogen) atoms. The molecule has 4 aromatic rings. The van der Waals surface area contributed by atoms with Crippen LogP contribution in [0.25, 0.3) is 16.8 Å². The van der Waals surface area contributed by atoms with Crippen LogP contribution >= 0.6 is 22.9 Å². The number of nitrogens with zero attached hydrogens (tertiary/aromatic N) is 2. The number of hydrogen-bond donors (Lipinski definition) is 2. The van der Waals surface area contributed by atoms with Crippen molar-refractivity contribution in [3.63, 3.8) is 0 Å². The number of ketones is 1. The van der Waals surface area contributed by atoms with Crippen LogP contribution in [0.2, 0.25) is 5.02 Å². The van der Waals surface area contributed by atoms with Crippen LogP contribution in [0.4, 0.5) is 5.95 Å². The van der Waals surface area contributed by atoms with Crippen LogP contribution in [0.5, 0.6) is 11.5 Å². The van der Waals surface area contributed by atoms with E-state index in [-0.39, 0.29) is 17.3 Å². The van der Waals surface area contributed by atoms with Gasteiger partial charge in [-0.25, -0.2) is 4.98 Å². The summed E-state index contributed by atoms with van der Waals surface area (Å²) in [7, 11) is 3.04. The molecule has 0 spiro atoms. The number of amides is 1. The maximum absolute atomic E-state index is 13.2. The van der Waals surface area contributed by atoms with E-state index in [0.29, 0.717) is 38.0 Å². The normalized spacial score (nSPS) is 17.5. The lowest BCUT2D eigenvalue weighted by atomic mass is 10.00. The molecule has 8 nitrogen and oxygen atoms in total. The summed E-state index contributed by atoms with van der Waals surface area (Å²) >= 11 is 7.45. The summed E-state index contributed by atoms with van der Waals surface area (Å²) < 4.78 is 10.7. The summed E-state index contributed by atoms with van der Waals surface area (Å²) in [5.41, 5.74) is 1.42. The van der Waals surface area contributed by atoms with Crippen molar-refractivity contribution in [1.29, 1.82) is 0 Å². The molecule has 1 aliphatic heterocycles. The summed E-state index contributed by atoms with van der Waals surface area (Å²) in [5.74, 6) is -0.794. The Morgan fingerprint density at radius 1 is 1.12 bits per heavy atom. The number of Topliss-reactive ketones (excluding diaryl/α,β-unsaturated/α-hetero) is 1. The fourth-order valence-electron chi connectivity index (χ4n) is 4.00. The zero-order valence-electron chi connectivity index (χ0n) is 18.0. The van der Waals surface area contributed by atoms with Crippen molar-refractivity contribution in [3.05, 3.63) is 74.9 Å². The Bertz CT molecular complexity index is 1420. The maximum Gasteiger partial charge on any atom is 0.302 e. The predicted molar refractivity (Wildman–Crippen MR) is 130 cm³/mol. The number of aromatic nitrogens is 2. The number of aromatic amines is 1. The highest BCUT2D eigenvalue weighted by molar-refractivity contribution is 7.10. The number of ether oxygens (including phenoxy) is 2. The van der Waals surface area contributed by atoms with Crippen molar-refractivity contribution < 1.29 is 24.2 Å². The van der Waals surface area contributed by atoms with E-state index in [2.05, 4.69) is 9.97 Å². The molecule has 0 saturated carbocycles. The lowest BCUT2D eigenvalue weighted by molar-refractivity contribution is -0.132. The number of aliphatic hydroxyl groups is 1. The van der Waals surface area contributed by atoms with Crippen LogP contribution in [-0.2, 0) is 9.59 Å². The minimum atomic E-state index is -0.872. The fourth-order valence-corrected chi connectivity index (χ4v) is 5.01. The molecule has 10 heteroatoms. The topological polar surface area (TPSA) is 105 Å². The molecule has 0 bridgehead atoms. The third-order valence-electron chi connectivity index (χ3n) is 5.56. The number of benzene rings is 2. The number of halogens is 1. The van der Waals surface area contributed by atoms with Crippen LogP contribution in [0.15, 0.2) is 59.5 Å². The van der Waals surface area contributed by atoms with Crippen molar-refractivity contribution in [3.8, 4) is 11.5 Å². The molecule has 5 rings (SSSR count). The molecular weight excluding hydrogens is 478 g/mol. The van der Waals surface area contributed by atoms with E-state index in [9.17, 15) is 14.7 Å². The van der Waals surface area contributed by atoms with E-state index in [1.54, 1.807) is 36.4 Å². The van der Waals surface area contributed by atoms with Crippen LogP contribution in [-0.4, -0.2) is 41.0 Å². The number of H-pyrrole nitrogens is 1. The highest BCUT2D eigenvalue weighted by atomic mass is 35.5. The van der Waals surface area contributed by atoms with Gasteiger partial charge in [-0.05, 0) is 23.6 Å². The average molecular weight is 496 g/mol. The molecule has 1 aliphatic rings. The average Bonchev–Trinajstić information content (AvgIpc) is 3.56. The van der Waals surface area contributed by atoms with Crippen LogP contribution in [0.3, 0.4) is 0 Å². The van der Waals surface area contributed by atoms with Crippen LogP contribution < -0.4 is 14.4 Å². The summed E-state index contributed by atoms with van der Waals surface area (Å²) in [4.78, 5) is 36.0. The van der Waals surface area contributed by atoms with Crippen molar-refractivity contribution in [2.45, 2.75) is 6.04 Å². The van der Waals surface area contributed by atoms with Gasteiger partial charge in [0.05, 0.1) is 30.8 Å². The standard InChI is InChI=1S/C24H18ClN3O5S/c1-32-16-10-14-15(11-17(16)33-2)27-24(26-14)28-20(18-7-4-8-34-18)19(22(30)23(28)31)21(29)12-5-3-6-13(25)9-12/h3-11,20,29H,1-2H3,(H,26,27)/b21-19+. The van der Waals surface area contributed by atoms with E-state index in [1.165, 1.54) is 36.5 Å². The zero-order chi connectivity index (χ0) is 24.0. The van der Waals surface area contributed by atoms with Gasteiger partial charge >= 0.3 is 5.91 Å². The van der Waals surface area contributed by atoms with Gasteiger partial charge in [0.1, 0.15) is 11.8 Å². The van der Waals surface area contributed by atoms with E-state index < -0.39 is 17.7 Å². The van der Waals surface area contributed by atoms with E-state index in [1.807, 2.05) is 11.4 Å². The number of anilines is 1. The smallest absolute Gasteiger partial charge is 0.302 e. The molecule has 172 valence electrons. The van der Waals surface area contributed by atoms with Gasteiger partial charge in [0.15, 0.2) is 11.5 Å². The van der Waals surface area contributed by atoms with Gasteiger partial charge in [-0.3, -0.25) is 14.5 Å². The Morgan fingerprint density at radius 3 is 2.56 bits per heavy atom. The van der Waals surface area contributed by atoms with Gasteiger partial charge in [0.25, 0.3) is 5.78 Å². The SMILES string of the molecule is COc1cc2nc(N3C(=O)C(=O)/C(=C(/O)c4cccc(Cl)c4)C3c3cccs3)[nH]c2cc1OC. The Labute approximate surface area is 203 Å². The number of aliphatic hydroxyl groups excluding tert-OH is 1. The number of carbonyl (C=O) groups excluding carboxylic acids is 2. The number of carbonyl (C=O) groups is 2. The molecule has 3 heterocycles. The van der Waals surface area contributed by atoms with Crippen molar-refractivity contribution in [2.75, 3.05) is 19.1 Å². The van der Waals surface area contributed by atoms with Gasteiger partial charge in [-0.2, -0.15) is 0 Å². The quantitative estimate of drug-likeness (QED) is 0.231. The van der Waals surface area contributed by atoms with E-state index in [4.69, 9.17) is 21.1 Å².